The molecule has 18 heavy (non-hydrogen) atoms. The molecule has 0 radical (unpaired) electrons. The molecule has 7 heteroatoms. The highest BCUT2D eigenvalue weighted by molar-refractivity contribution is 9.10. The van der Waals surface area contributed by atoms with Crippen LogP contribution in [0, 0.1) is 0 Å². The van der Waals surface area contributed by atoms with Crippen LogP contribution in [0.3, 0.4) is 0 Å². The Morgan fingerprint density at radius 2 is 2.22 bits per heavy atom. The first-order valence-corrected chi connectivity index (χ1v) is 6.94. The predicted octanol–water partition coefficient (Wildman–Crippen LogP) is 1.72. The SMILES string of the molecule is CCCNc1ncc(Br)c(NN2CCOCC2)n1. The third kappa shape index (κ3) is 3.79. The molecular formula is C11H18BrN5O. The zero-order valence-corrected chi connectivity index (χ0v) is 12.0. The van der Waals surface area contributed by atoms with Gasteiger partial charge in [-0.15, -0.1) is 0 Å². The summed E-state index contributed by atoms with van der Waals surface area (Å²) >= 11 is 3.45. The van der Waals surface area contributed by atoms with E-state index in [1.54, 1.807) is 6.20 Å². The summed E-state index contributed by atoms with van der Waals surface area (Å²) in [6.45, 7) is 6.19. The van der Waals surface area contributed by atoms with E-state index in [4.69, 9.17) is 4.74 Å². The number of rotatable bonds is 5. The standard InChI is InChI=1S/C11H18BrN5O/c1-2-3-13-11-14-8-9(12)10(15-11)16-17-4-6-18-7-5-17/h8H,2-7H2,1H3,(H2,13,14,15,16). The first-order valence-electron chi connectivity index (χ1n) is 6.15. The van der Waals surface area contributed by atoms with Crippen LogP contribution in [0.2, 0.25) is 0 Å². The molecule has 1 aromatic rings. The molecule has 1 aromatic heterocycles. The summed E-state index contributed by atoms with van der Waals surface area (Å²) in [4.78, 5) is 8.66. The Kier molecular flexibility index (Phi) is 5.15. The molecule has 1 saturated heterocycles. The van der Waals surface area contributed by atoms with Crippen molar-refractivity contribution in [1.29, 1.82) is 0 Å². The number of anilines is 2. The van der Waals surface area contributed by atoms with Crippen molar-refractivity contribution in [3.8, 4) is 0 Å². The lowest BCUT2D eigenvalue weighted by Gasteiger charge is -2.27. The minimum atomic E-state index is 0.649. The Bertz CT molecular complexity index is 384. The van der Waals surface area contributed by atoms with Crippen LogP contribution >= 0.6 is 15.9 Å². The first kappa shape index (κ1) is 13.5. The molecule has 0 unspecified atom stereocenters. The molecule has 0 aliphatic carbocycles. The van der Waals surface area contributed by atoms with Gasteiger partial charge in [0.1, 0.15) is 0 Å². The van der Waals surface area contributed by atoms with Crippen LogP contribution in [0.1, 0.15) is 13.3 Å². The van der Waals surface area contributed by atoms with E-state index in [0.29, 0.717) is 5.95 Å². The number of hydrogen-bond acceptors (Lipinski definition) is 6. The van der Waals surface area contributed by atoms with Gasteiger partial charge in [-0.25, -0.2) is 9.99 Å². The van der Waals surface area contributed by atoms with Gasteiger partial charge in [-0.1, -0.05) is 6.92 Å². The van der Waals surface area contributed by atoms with E-state index in [0.717, 1.165) is 49.6 Å². The second-order valence-electron chi connectivity index (χ2n) is 4.03. The van der Waals surface area contributed by atoms with Crippen molar-refractivity contribution < 1.29 is 4.74 Å². The van der Waals surface area contributed by atoms with Crippen LogP contribution in [0.25, 0.3) is 0 Å². The zero-order valence-electron chi connectivity index (χ0n) is 10.4. The normalized spacial score (nSPS) is 16.6. The lowest BCUT2D eigenvalue weighted by Crippen LogP contribution is -2.40. The maximum atomic E-state index is 5.31. The van der Waals surface area contributed by atoms with E-state index in [-0.39, 0.29) is 0 Å². The summed E-state index contributed by atoms with van der Waals surface area (Å²) in [7, 11) is 0. The van der Waals surface area contributed by atoms with E-state index >= 15 is 0 Å². The summed E-state index contributed by atoms with van der Waals surface area (Å²) in [6, 6.07) is 0. The van der Waals surface area contributed by atoms with Gasteiger partial charge in [0.15, 0.2) is 5.82 Å². The van der Waals surface area contributed by atoms with Crippen molar-refractivity contribution in [2.75, 3.05) is 43.6 Å². The van der Waals surface area contributed by atoms with Crippen molar-refractivity contribution in [3.05, 3.63) is 10.7 Å². The van der Waals surface area contributed by atoms with Crippen LogP contribution in [0.4, 0.5) is 11.8 Å². The quantitative estimate of drug-likeness (QED) is 0.862. The number of hydrogen-bond donors (Lipinski definition) is 2. The summed E-state index contributed by atoms with van der Waals surface area (Å²) in [5.41, 5.74) is 3.28. The Morgan fingerprint density at radius 3 is 2.94 bits per heavy atom. The van der Waals surface area contributed by atoms with Crippen molar-refractivity contribution >= 4 is 27.7 Å². The van der Waals surface area contributed by atoms with E-state index in [2.05, 4.69) is 48.6 Å². The van der Waals surface area contributed by atoms with Gasteiger partial charge in [-0.2, -0.15) is 4.98 Å². The fraction of sp³-hybridized carbons (Fsp3) is 0.636. The van der Waals surface area contributed by atoms with E-state index in [1.165, 1.54) is 0 Å². The highest BCUT2D eigenvalue weighted by Crippen LogP contribution is 2.20. The number of halogens is 1. The number of ether oxygens (including phenoxy) is 1. The molecule has 1 aliphatic heterocycles. The lowest BCUT2D eigenvalue weighted by atomic mass is 10.5. The average molecular weight is 316 g/mol. The molecule has 0 aromatic carbocycles. The minimum Gasteiger partial charge on any atom is -0.379 e. The molecule has 2 N–H and O–H groups in total. The highest BCUT2D eigenvalue weighted by atomic mass is 79.9. The van der Waals surface area contributed by atoms with Crippen LogP contribution in [0.5, 0.6) is 0 Å². The van der Waals surface area contributed by atoms with Gasteiger partial charge in [0.2, 0.25) is 5.95 Å². The Morgan fingerprint density at radius 1 is 1.44 bits per heavy atom. The van der Waals surface area contributed by atoms with Gasteiger partial charge >= 0.3 is 0 Å². The van der Waals surface area contributed by atoms with Gasteiger partial charge in [0.05, 0.1) is 17.7 Å². The fourth-order valence-electron chi connectivity index (χ4n) is 1.59. The number of nitrogens with zero attached hydrogens (tertiary/aromatic N) is 3. The van der Waals surface area contributed by atoms with Gasteiger partial charge < -0.3 is 15.5 Å². The Balaban J connectivity index is 2.00. The molecule has 0 bridgehead atoms. The Labute approximate surface area is 115 Å². The molecular weight excluding hydrogens is 298 g/mol. The molecule has 6 nitrogen and oxygen atoms in total. The Hall–Kier alpha value is -0.920. The predicted molar refractivity (Wildman–Crippen MR) is 74.5 cm³/mol. The number of hydrazine groups is 1. The van der Waals surface area contributed by atoms with Crippen molar-refractivity contribution in [1.82, 2.24) is 15.0 Å². The van der Waals surface area contributed by atoms with Crippen molar-refractivity contribution in [2.24, 2.45) is 0 Å². The summed E-state index contributed by atoms with van der Waals surface area (Å²) in [5.74, 6) is 1.43. The van der Waals surface area contributed by atoms with Crippen molar-refractivity contribution in [3.63, 3.8) is 0 Å². The molecule has 1 aliphatic rings. The monoisotopic (exact) mass is 315 g/mol. The average Bonchev–Trinajstić information content (AvgIpc) is 2.41. The molecule has 0 spiro atoms. The molecule has 0 atom stereocenters. The highest BCUT2D eigenvalue weighted by Gasteiger charge is 2.13. The van der Waals surface area contributed by atoms with Crippen LogP contribution < -0.4 is 10.7 Å². The number of aromatic nitrogens is 2. The van der Waals surface area contributed by atoms with Crippen LogP contribution in [0.15, 0.2) is 10.7 Å². The largest absolute Gasteiger partial charge is 0.379 e. The lowest BCUT2D eigenvalue weighted by molar-refractivity contribution is 0.0494. The minimum absolute atomic E-state index is 0.649. The third-order valence-electron chi connectivity index (χ3n) is 2.55. The van der Waals surface area contributed by atoms with Crippen LogP contribution in [-0.4, -0.2) is 47.8 Å². The smallest absolute Gasteiger partial charge is 0.224 e. The molecule has 100 valence electrons. The molecule has 0 saturated carbocycles. The molecule has 1 fully saturated rings. The fourth-order valence-corrected chi connectivity index (χ4v) is 1.87. The van der Waals surface area contributed by atoms with E-state index < -0.39 is 0 Å². The van der Waals surface area contributed by atoms with E-state index in [1.807, 2.05) is 0 Å². The van der Waals surface area contributed by atoms with E-state index in [9.17, 15) is 0 Å². The third-order valence-corrected chi connectivity index (χ3v) is 3.13. The zero-order chi connectivity index (χ0) is 12.8. The first-order chi connectivity index (χ1) is 8.79. The van der Waals surface area contributed by atoms with Gasteiger partial charge in [0.25, 0.3) is 0 Å². The molecule has 2 rings (SSSR count). The molecule has 0 amide bonds. The topological polar surface area (TPSA) is 62.3 Å². The summed E-state index contributed by atoms with van der Waals surface area (Å²) < 4.78 is 6.16. The second kappa shape index (κ2) is 6.86. The molecule has 2 heterocycles. The number of morpholine rings is 1. The van der Waals surface area contributed by atoms with Crippen molar-refractivity contribution in [2.45, 2.75) is 13.3 Å². The van der Waals surface area contributed by atoms with Crippen LogP contribution in [-0.2, 0) is 4.74 Å². The maximum absolute atomic E-state index is 5.31. The second-order valence-corrected chi connectivity index (χ2v) is 4.88. The summed E-state index contributed by atoms with van der Waals surface area (Å²) in [5, 5.41) is 5.27. The van der Waals surface area contributed by atoms with Gasteiger partial charge in [0, 0.05) is 25.8 Å². The summed E-state index contributed by atoms with van der Waals surface area (Å²) in [6.07, 6.45) is 2.80. The van der Waals surface area contributed by atoms with Gasteiger partial charge in [-0.3, -0.25) is 0 Å². The maximum Gasteiger partial charge on any atom is 0.224 e. The number of nitrogens with one attached hydrogen (secondary N) is 2. The van der Waals surface area contributed by atoms with Gasteiger partial charge in [-0.05, 0) is 22.4 Å².